The number of methoxy groups -OCH3 is 2. The van der Waals surface area contributed by atoms with Gasteiger partial charge in [0.2, 0.25) is 0 Å². The fourth-order valence-corrected chi connectivity index (χ4v) is 4.40. The molecular weight excluding hydrogens is 408 g/mol. The first-order valence-corrected chi connectivity index (χ1v) is 10.7. The highest BCUT2D eigenvalue weighted by Gasteiger charge is 2.23. The van der Waals surface area contributed by atoms with Crippen LogP contribution >= 0.6 is 0 Å². The summed E-state index contributed by atoms with van der Waals surface area (Å²) in [7, 11) is 4.80. The van der Waals surface area contributed by atoms with E-state index in [0.717, 1.165) is 47.7 Å². The summed E-state index contributed by atoms with van der Waals surface area (Å²) in [6, 6.07) is 10.1. The Morgan fingerprint density at radius 3 is 2.38 bits per heavy atom. The van der Waals surface area contributed by atoms with Gasteiger partial charge in [-0.1, -0.05) is 6.07 Å². The van der Waals surface area contributed by atoms with Crippen LogP contribution in [0.25, 0.3) is 10.9 Å². The van der Waals surface area contributed by atoms with Gasteiger partial charge in [0.1, 0.15) is 11.9 Å². The molecule has 0 radical (unpaired) electrons. The summed E-state index contributed by atoms with van der Waals surface area (Å²) >= 11 is 0. The molecule has 0 amide bonds. The molecule has 1 aliphatic rings. The van der Waals surface area contributed by atoms with Crippen LogP contribution in [0.4, 0.5) is 0 Å². The molecule has 0 aliphatic heterocycles. The zero-order valence-electron chi connectivity index (χ0n) is 18.6. The molecule has 32 heavy (non-hydrogen) atoms. The fraction of sp³-hybridized carbons (Fsp3) is 0.360. The van der Waals surface area contributed by atoms with Crippen molar-refractivity contribution in [2.24, 2.45) is 12.8 Å². The summed E-state index contributed by atoms with van der Waals surface area (Å²) in [5, 5.41) is 0.875. The van der Waals surface area contributed by atoms with E-state index < -0.39 is 12.0 Å². The lowest BCUT2D eigenvalue weighted by molar-refractivity contribution is 0.0317. The highest BCUT2D eigenvalue weighted by atomic mass is 16.5. The van der Waals surface area contributed by atoms with Crippen LogP contribution in [0.5, 0.6) is 5.75 Å². The molecule has 1 aromatic heterocycles. The summed E-state index contributed by atoms with van der Waals surface area (Å²) < 4.78 is 18.0. The maximum Gasteiger partial charge on any atom is 0.338 e. The molecule has 4 rings (SSSR count). The van der Waals surface area contributed by atoms with Crippen molar-refractivity contribution in [2.45, 2.75) is 37.8 Å². The van der Waals surface area contributed by atoms with Crippen molar-refractivity contribution in [2.75, 3.05) is 14.2 Å². The molecule has 1 aliphatic carbocycles. The molecule has 0 saturated heterocycles. The first kappa shape index (κ1) is 21.9. The Kier molecular flexibility index (Phi) is 6.19. The van der Waals surface area contributed by atoms with E-state index in [0.29, 0.717) is 16.9 Å². The number of nitrogens with two attached hydrogens (primary N) is 1. The van der Waals surface area contributed by atoms with E-state index in [4.69, 9.17) is 19.9 Å². The first-order valence-electron chi connectivity index (χ1n) is 10.7. The third kappa shape index (κ3) is 4.08. The zero-order chi connectivity index (χ0) is 22.8. The topological polar surface area (TPSA) is 92.8 Å². The molecule has 1 heterocycles. The number of ether oxygens (including phenoxy) is 3. The van der Waals surface area contributed by atoms with E-state index >= 15 is 0 Å². The smallest absolute Gasteiger partial charge is 0.338 e. The highest BCUT2D eigenvalue weighted by Crippen LogP contribution is 2.34. The summed E-state index contributed by atoms with van der Waals surface area (Å²) in [6.07, 6.45) is 6.02. The van der Waals surface area contributed by atoms with Gasteiger partial charge >= 0.3 is 11.9 Å². The predicted octanol–water partition coefficient (Wildman–Crippen LogP) is 4.12. The minimum atomic E-state index is -0.526. The Morgan fingerprint density at radius 1 is 1.00 bits per heavy atom. The number of hydrogen-bond acceptors (Lipinski definition) is 6. The molecule has 2 aromatic carbocycles. The standard InChI is InChI=1S/C25H28N2O5/c1-27-14-20(23(26)18-10-8-16(24(28)31-3)13-22(18)30-2)19-12-15(9-11-21(19)27)25(29)32-17-6-4-5-7-17/h8-14,17,23H,4-7,26H2,1-3H3. The summed E-state index contributed by atoms with van der Waals surface area (Å²) in [5.41, 5.74) is 10.1. The fourth-order valence-electron chi connectivity index (χ4n) is 4.40. The number of hydrogen-bond donors (Lipinski definition) is 1. The molecular formula is C25H28N2O5. The maximum absolute atomic E-state index is 12.7. The lowest BCUT2D eigenvalue weighted by Crippen LogP contribution is -2.15. The quantitative estimate of drug-likeness (QED) is 0.585. The molecule has 1 fully saturated rings. The summed E-state index contributed by atoms with van der Waals surface area (Å²) in [4.78, 5) is 24.6. The number of aromatic nitrogens is 1. The van der Waals surface area contributed by atoms with Crippen molar-refractivity contribution in [3.05, 3.63) is 64.8 Å². The first-order chi connectivity index (χ1) is 15.4. The average molecular weight is 437 g/mol. The van der Waals surface area contributed by atoms with Gasteiger partial charge in [-0.2, -0.15) is 0 Å². The second-order valence-corrected chi connectivity index (χ2v) is 8.17. The van der Waals surface area contributed by atoms with E-state index in [1.807, 2.05) is 29.9 Å². The van der Waals surface area contributed by atoms with Gasteiger partial charge in [-0.15, -0.1) is 0 Å². The number of nitrogens with zero attached hydrogens (tertiary/aromatic N) is 1. The van der Waals surface area contributed by atoms with Crippen molar-refractivity contribution in [1.82, 2.24) is 4.57 Å². The normalized spacial score (nSPS) is 15.0. The van der Waals surface area contributed by atoms with Gasteiger partial charge in [-0.25, -0.2) is 9.59 Å². The van der Waals surface area contributed by atoms with E-state index in [1.165, 1.54) is 14.2 Å². The summed E-state index contributed by atoms with van der Waals surface area (Å²) in [6.45, 7) is 0. The Hall–Kier alpha value is -3.32. The molecule has 7 nitrogen and oxygen atoms in total. The van der Waals surface area contributed by atoms with Gasteiger partial charge in [-0.3, -0.25) is 0 Å². The molecule has 1 unspecified atom stereocenters. The lowest BCUT2D eigenvalue weighted by Gasteiger charge is -2.16. The Bertz CT molecular complexity index is 1160. The number of fused-ring (bicyclic) bond motifs is 1. The molecule has 0 bridgehead atoms. The maximum atomic E-state index is 12.7. The van der Waals surface area contributed by atoms with E-state index in [-0.39, 0.29) is 12.1 Å². The van der Waals surface area contributed by atoms with Crippen LogP contribution in [-0.4, -0.2) is 36.8 Å². The second kappa shape index (κ2) is 9.04. The number of esters is 2. The van der Waals surface area contributed by atoms with Crippen LogP contribution in [0, 0.1) is 0 Å². The zero-order valence-corrected chi connectivity index (χ0v) is 18.6. The van der Waals surface area contributed by atoms with E-state index in [9.17, 15) is 9.59 Å². The van der Waals surface area contributed by atoms with Crippen molar-refractivity contribution in [1.29, 1.82) is 0 Å². The molecule has 0 spiro atoms. The number of rotatable bonds is 6. The number of carbonyl (C=O) groups is 2. The van der Waals surface area contributed by atoms with E-state index in [1.54, 1.807) is 24.3 Å². The van der Waals surface area contributed by atoms with Gasteiger partial charge in [-0.05, 0) is 61.6 Å². The van der Waals surface area contributed by atoms with Crippen molar-refractivity contribution in [3.8, 4) is 5.75 Å². The number of benzene rings is 2. The monoisotopic (exact) mass is 436 g/mol. The third-order valence-electron chi connectivity index (χ3n) is 6.16. The largest absolute Gasteiger partial charge is 0.496 e. The third-order valence-corrected chi connectivity index (χ3v) is 6.16. The van der Waals surface area contributed by atoms with Crippen LogP contribution < -0.4 is 10.5 Å². The Labute approximate surface area is 187 Å². The molecule has 1 saturated carbocycles. The van der Waals surface area contributed by atoms with Crippen LogP contribution in [-0.2, 0) is 16.5 Å². The van der Waals surface area contributed by atoms with Gasteiger partial charge in [0.15, 0.2) is 0 Å². The van der Waals surface area contributed by atoms with Crippen molar-refractivity contribution >= 4 is 22.8 Å². The highest BCUT2D eigenvalue weighted by molar-refractivity contribution is 5.96. The lowest BCUT2D eigenvalue weighted by atomic mass is 9.96. The van der Waals surface area contributed by atoms with Gasteiger partial charge in [0.25, 0.3) is 0 Å². The minimum absolute atomic E-state index is 0.00767. The van der Waals surface area contributed by atoms with Crippen LogP contribution in [0.15, 0.2) is 42.6 Å². The molecule has 3 aromatic rings. The number of aryl methyl sites for hydroxylation is 1. The molecule has 7 heteroatoms. The van der Waals surface area contributed by atoms with E-state index in [2.05, 4.69) is 0 Å². The molecule has 1 atom stereocenters. The Balaban J connectivity index is 1.70. The minimum Gasteiger partial charge on any atom is -0.496 e. The second-order valence-electron chi connectivity index (χ2n) is 8.17. The van der Waals surface area contributed by atoms with Crippen molar-refractivity contribution in [3.63, 3.8) is 0 Å². The van der Waals surface area contributed by atoms with Crippen molar-refractivity contribution < 1.29 is 23.8 Å². The Morgan fingerprint density at radius 2 is 1.69 bits per heavy atom. The molecule has 168 valence electrons. The van der Waals surface area contributed by atoms with Crippen LogP contribution in [0.2, 0.25) is 0 Å². The van der Waals surface area contributed by atoms with Crippen LogP contribution in [0.3, 0.4) is 0 Å². The molecule has 2 N–H and O–H groups in total. The number of carbonyl (C=O) groups excluding carboxylic acids is 2. The van der Waals surface area contributed by atoms with Gasteiger partial charge in [0.05, 0.1) is 31.4 Å². The summed E-state index contributed by atoms with van der Waals surface area (Å²) in [5.74, 6) is -0.254. The SMILES string of the molecule is COC(=O)c1ccc(C(N)c2cn(C)c3ccc(C(=O)OC4CCCC4)cc23)c(OC)c1. The van der Waals surface area contributed by atoms with Crippen LogP contribution in [0.1, 0.15) is 63.6 Å². The average Bonchev–Trinajstić information content (AvgIpc) is 3.45. The van der Waals surface area contributed by atoms with Gasteiger partial charge in [0, 0.05) is 29.7 Å². The van der Waals surface area contributed by atoms with Gasteiger partial charge < -0.3 is 24.5 Å². The predicted molar refractivity (Wildman–Crippen MR) is 121 cm³/mol.